The molecule has 0 saturated heterocycles. The molecule has 2 aliphatic rings. The minimum atomic E-state index is 0.320. The molecule has 21 heavy (non-hydrogen) atoms. The Hall–Kier alpha value is -1.65. The Balaban J connectivity index is 1.75. The summed E-state index contributed by atoms with van der Waals surface area (Å²) in [6, 6.07) is 0.955. The average molecular weight is 289 g/mol. The monoisotopic (exact) mass is 289 g/mol. The zero-order valence-corrected chi connectivity index (χ0v) is 13.5. The Bertz CT molecular complexity index is 452. The van der Waals surface area contributed by atoms with Crippen LogP contribution in [0.2, 0.25) is 0 Å². The summed E-state index contributed by atoms with van der Waals surface area (Å²) < 4.78 is 0. The molecule has 1 N–H and O–H groups in total. The zero-order valence-electron chi connectivity index (χ0n) is 13.5. The first-order chi connectivity index (χ1) is 10.1. The molecule has 0 saturated carbocycles. The predicted molar refractivity (Wildman–Crippen MR) is 89.9 cm³/mol. The lowest BCUT2D eigenvalue weighted by Gasteiger charge is -2.29. The number of hydrogen-bond donors (Lipinski definition) is 1. The van der Waals surface area contributed by atoms with E-state index in [9.17, 15) is 0 Å². The van der Waals surface area contributed by atoms with E-state index < -0.39 is 0 Å². The van der Waals surface area contributed by atoms with Gasteiger partial charge in [-0.2, -0.15) is 5.10 Å². The Morgan fingerprint density at radius 3 is 2.95 bits per heavy atom. The summed E-state index contributed by atoms with van der Waals surface area (Å²) in [6.45, 7) is 9.67. The standard InChI is InChI=1S/C16H27N5/c1-5-6-13(3)21-14(4)15(10-20-21)9-17-11-19-16-12(2)7-8-18-16/h7-8,10-15H,5-6,9H2,1-4H3,(H,17,18,19)/t12?,13-,14-,15-/m0/s1. The topological polar surface area (TPSA) is 52.3 Å². The highest BCUT2D eigenvalue weighted by Crippen LogP contribution is 2.21. The lowest BCUT2D eigenvalue weighted by atomic mass is 10.0. The molecule has 1 unspecified atom stereocenters. The van der Waals surface area contributed by atoms with Crippen molar-refractivity contribution in [1.82, 2.24) is 10.3 Å². The Kier molecular flexibility index (Phi) is 5.53. The van der Waals surface area contributed by atoms with Crippen LogP contribution in [0, 0.1) is 11.8 Å². The summed E-state index contributed by atoms with van der Waals surface area (Å²) in [5, 5.41) is 10.1. The third kappa shape index (κ3) is 3.93. The molecular formula is C16H27N5. The van der Waals surface area contributed by atoms with Crippen LogP contribution in [0.4, 0.5) is 0 Å². The molecule has 116 valence electrons. The summed E-state index contributed by atoms with van der Waals surface area (Å²) >= 11 is 0. The molecular weight excluding hydrogens is 262 g/mol. The van der Waals surface area contributed by atoms with E-state index in [4.69, 9.17) is 0 Å². The molecule has 0 fully saturated rings. The normalized spacial score (nSPS) is 29.4. The molecule has 0 amide bonds. The fraction of sp³-hybridized carbons (Fsp3) is 0.688. The molecule has 2 heterocycles. The van der Waals surface area contributed by atoms with Gasteiger partial charge in [0.25, 0.3) is 0 Å². The van der Waals surface area contributed by atoms with E-state index in [1.807, 2.05) is 12.3 Å². The smallest absolute Gasteiger partial charge is 0.136 e. The lowest BCUT2D eigenvalue weighted by molar-refractivity contribution is 0.153. The van der Waals surface area contributed by atoms with Crippen LogP contribution in [0.15, 0.2) is 27.4 Å². The van der Waals surface area contributed by atoms with Crippen LogP contribution in [-0.4, -0.2) is 42.0 Å². The Morgan fingerprint density at radius 2 is 2.29 bits per heavy atom. The molecule has 0 spiro atoms. The second kappa shape index (κ2) is 7.38. The lowest BCUT2D eigenvalue weighted by Crippen LogP contribution is -2.39. The van der Waals surface area contributed by atoms with E-state index >= 15 is 0 Å². The SMILES string of the molecule is CCC[C@H](C)N1N=C[C@H](CNC=NC2=NC=CC2C)[C@@H]1C. The van der Waals surface area contributed by atoms with Crippen LogP contribution in [0.3, 0.4) is 0 Å². The number of nitrogens with zero attached hydrogens (tertiary/aromatic N) is 4. The van der Waals surface area contributed by atoms with E-state index in [1.54, 1.807) is 6.34 Å². The summed E-state index contributed by atoms with van der Waals surface area (Å²) in [7, 11) is 0. The number of hydrogen-bond acceptors (Lipinski definition) is 4. The fourth-order valence-corrected chi connectivity index (χ4v) is 2.78. The van der Waals surface area contributed by atoms with E-state index in [-0.39, 0.29) is 0 Å². The van der Waals surface area contributed by atoms with Crippen molar-refractivity contribution in [3.8, 4) is 0 Å². The first-order valence-corrected chi connectivity index (χ1v) is 7.96. The summed E-state index contributed by atoms with van der Waals surface area (Å²) in [4.78, 5) is 8.59. The minimum Gasteiger partial charge on any atom is -0.375 e. The average Bonchev–Trinajstić information content (AvgIpc) is 3.02. The number of aliphatic imine (C=N–C) groups is 2. The first kappa shape index (κ1) is 15.7. The van der Waals surface area contributed by atoms with Crippen LogP contribution < -0.4 is 5.32 Å². The van der Waals surface area contributed by atoms with Crippen LogP contribution in [0.1, 0.15) is 40.5 Å². The van der Waals surface area contributed by atoms with Gasteiger partial charge >= 0.3 is 0 Å². The van der Waals surface area contributed by atoms with Crippen LogP contribution in [0.5, 0.6) is 0 Å². The van der Waals surface area contributed by atoms with Crippen molar-refractivity contribution in [2.45, 2.75) is 52.6 Å². The van der Waals surface area contributed by atoms with Crippen molar-refractivity contribution in [3.63, 3.8) is 0 Å². The predicted octanol–water partition coefficient (Wildman–Crippen LogP) is 2.66. The minimum absolute atomic E-state index is 0.320. The van der Waals surface area contributed by atoms with Gasteiger partial charge in [0.05, 0.1) is 12.4 Å². The van der Waals surface area contributed by atoms with Crippen molar-refractivity contribution in [2.24, 2.45) is 26.9 Å². The van der Waals surface area contributed by atoms with Gasteiger partial charge in [0.1, 0.15) is 5.84 Å². The van der Waals surface area contributed by atoms with Gasteiger partial charge in [0.15, 0.2) is 0 Å². The van der Waals surface area contributed by atoms with Gasteiger partial charge in [-0.05, 0) is 20.3 Å². The molecule has 0 aromatic rings. The van der Waals surface area contributed by atoms with Crippen molar-refractivity contribution < 1.29 is 0 Å². The second-order valence-electron chi connectivity index (χ2n) is 5.97. The number of nitrogens with one attached hydrogen (secondary N) is 1. The third-order valence-electron chi connectivity index (χ3n) is 4.22. The molecule has 2 aliphatic heterocycles. The molecule has 0 aromatic heterocycles. The maximum atomic E-state index is 4.58. The largest absolute Gasteiger partial charge is 0.375 e. The van der Waals surface area contributed by atoms with Crippen LogP contribution >= 0.6 is 0 Å². The highest BCUT2D eigenvalue weighted by Gasteiger charge is 2.29. The Morgan fingerprint density at radius 1 is 1.48 bits per heavy atom. The van der Waals surface area contributed by atoms with E-state index in [0.717, 1.165) is 12.4 Å². The van der Waals surface area contributed by atoms with Gasteiger partial charge in [-0.1, -0.05) is 26.3 Å². The number of rotatable bonds is 6. The molecule has 0 bridgehead atoms. The van der Waals surface area contributed by atoms with Gasteiger partial charge in [-0.15, -0.1) is 0 Å². The van der Waals surface area contributed by atoms with E-state index in [2.05, 4.69) is 59.3 Å². The molecule has 5 nitrogen and oxygen atoms in total. The summed E-state index contributed by atoms with van der Waals surface area (Å²) in [6.07, 6.45) is 10.1. The van der Waals surface area contributed by atoms with Gasteiger partial charge in [0.2, 0.25) is 0 Å². The van der Waals surface area contributed by atoms with Crippen molar-refractivity contribution in [1.29, 1.82) is 0 Å². The van der Waals surface area contributed by atoms with Gasteiger partial charge in [-0.3, -0.25) is 5.01 Å². The molecule has 0 aromatic carbocycles. The van der Waals surface area contributed by atoms with Crippen molar-refractivity contribution in [2.75, 3.05) is 6.54 Å². The molecule has 0 radical (unpaired) electrons. The highest BCUT2D eigenvalue weighted by atomic mass is 15.5. The van der Waals surface area contributed by atoms with Crippen LogP contribution in [-0.2, 0) is 0 Å². The molecule has 2 rings (SSSR count). The quantitative estimate of drug-likeness (QED) is 0.604. The Labute approximate surface area is 127 Å². The second-order valence-corrected chi connectivity index (χ2v) is 5.97. The molecule has 5 heteroatoms. The fourth-order valence-electron chi connectivity index (χ4n) is 2.78. The number of hydrazone groups is 1. The van der Waals surface area contributed by atoms with Crippen LogP contribution in [0.25, 0.3) is 0 Å². The molecule has 4 atom stereocenters. The summed E-state index contributed by atoms with van der Waals surface area (Å²) in [5.74, 6) is 1.62. The third-order valence-corrected chi connectivity index (χ3v) is 4.22. The van der Waals surface area contributed by atoms with Crippen molar-refractivity contribution >= 4 is 18.4 Å². The highest BCUT2D eigenvalue weighted by molar-refractivity contribution is 5.93. The summed E-state index contributed by atoms with van der Waals surface area (Å²) in [5.41, 5.74) is 0. The molecule has 0 aliphatic carbocycles. The maximum Gasteiger partial charge on any atom is 0.136 e. The van der Waals surface area contributed by atoms with E-state index in [0.29, 0.717) is 23.9 Å². The van der Waals surface area contributed by atoms with Crippen molar-refractivity contribution in [3.05, 3.63) is 12.3 Å². The van der Waals surface area contributed by atoms with Gasteiger partial charge in [-0.25, -0.2) is 9.98 Å². The van der Waals surface area contributed by atoms with Gasteiger partial charge < -0.3 is 5.32 Å². The van der Waals surface area contributed by atoms with Gasteiger partial charge in [0, 0.05) is 36.8 Å². The first-order valence-electron chi connectivity index (χ1n) is 7.96. The number of amidine groups is 1. The maximum absolute atomic E-state index is 4.58. The zero-order chi connectivity index (χ0) is 15.2. The van der Waals surface area contributed by atoms with E-state index in [1.165, 1.54) is 12.8 Å².